The van der Waals surface area contributed by atoms with Crippen molar-refractivity contribution in [2.24, 2.45) is 5.92 Å². The maximum Gasteiger partial charge on any atom is 0.307 e. The molecule has 6 heteroatoms. The lowest BCUT2D eigenvalue weighted by Gasteiger charge is -2.16. The highest BCUT2D eigenvalue weighted by atomic mass is 16.5. The SMILES string of the molecule is CCOCCOc1cc(C)c(-c2cccc(C)c2)c(NC)c1.COc1ccc(C2CC2C(=O)O)cc1. The third-order valence-corrected chi connectivity index (χ3v) is 6.24. The molecule has 0 heterocycles. The van der Waals surface area contributed by atoms with Crippen molar-refractivity contribution in [3.63, 3.8) is 0 Å². The summed E-state index contributed by atoms with van der Waals surface area (Å²) in [7, 11) is 3.56. The van der Waals surface area contributed by atoms with E-state index in [9.17, 15) is 4.79 Å². The molecule has 2 N–H and O–H groups in total. The molecule has 0 bridgehead atoms. The first-order valence-electron chi connectivity index (χ1n) is 12.3. The van der Waals surface area contributed by atoms with Crippen molar-refractivity contribution in [2.45, 2.75) is 33.1 Å². The Bertz CT molecular complexity index is 1140. The van der Waals surface area contributed by atoms with Crippen LogP contribution < -0.4 is 14.8 Å². The van der Waals surface area contributed by atoms with Gasteiger partial charge in [0.15, 0.2) is 0 Å². The van der Waals surface area contributed by atoms with E-state index in [4.69, 9.17) is 19.3 Å². The van der Waals surface area contributed by atoms with Crippen LogP contribution in [0.4, 0.5) is 5.69 Å². The average molecular weight is 492 g/mol. The molecule has 1 aliphatic carbocycles. The van der Waals surface area contributed by atoms with Crippen molar-refractivity contribution < 1.29 is 24.1 Å². The van der Waals surface area contributed by atoms with Crippen molar-refractivity contribution in [3.05, 3.63) is 77.4 Å². The van der Waals surface area contributed by atoms with Crippen LogP contribution in [0.2, 0.25) is 0 Å². The Morgan fingerprint density at radius 3 is 2.36 bits per heavy atom. The number of hydrogen-bond acceptors (Lipinski definition) is 5. The minimum absolute atomic E-state index is 0.177. The first kappa shape index (κ1) is 27.1. The second-order valence-corrected chi connectivity index (χ2v) is 8.89. The van der Waals surface area contributed by atoms with Crippen LogP contribution in [-0.4, -0.2) is 45.1 Å². The van der Waals surface area contributed by atoms with Gasteiger partial charge < -0.3 is 24.6 Å². The number of anilines is 1. The van der Waals surface area contributed by atoms with Crippen LogP contribution >= 0.6 is 0 Å². The highest BCUT2D eigenvalue weighted by molar-refractivity contribution is 5.82. The van der Waals surface area contributed by atoms with Crippen LogP contribution in [0.15, 0.2) is 60.7 Å². The van der Waals surface area contributed by atoms with E-state index in [1.807, 2.05) is 38.2 Å². The molecule has 6 nitrogen and oxygen atoms in total. The van der Waals surface area contributed by atoms with Gasteiger partial charge in [0.1, 0.15) is 18.1 Å². The van der Waals surface area contributed by atoms with Crippen LogP contribution in [-0.2, 0) is 9.53 Å². The number of nitrogens with one attached hydrogen (secondary N) is 1. The molecule has 0 saturated heterocycles. The van der Waals surface area contributed by atoms with E-state index in [1.54, 1.807) is 7.11 Å². The fraction of sp³-hybridized carbons (Fsp3) is 0.367. The van der Waals surface area contributed by atoms with Crippen molar-refractivity contribution >= 4 is 11.7 Å². The summed E-state index contributed by atoms with van der Waals surface area (Å²) in [6.45, 7) is 8.12. The molecular formula is C30H37NO5. The van der Waals surface area contributed by atoms with Crippen LogP contribution in [0.3, 0.4) is 0 Å². The fourth-order valence-electron chi connectivity index (χ4n) is 4.27. The molecule has 0 aliphatic heterocycles. The number of hydrogen-bond donors (Lipinski definition) is 2. The molecule has 192 valence electrons. The number of carboxylic acids is 1. The number of aryl methyl sites for hydroxylation is 2. The number of benzene rings is 3. The minimum Gasteiger partial charge on any atom is -0.497 e. The zero-order valence-electron chi connectivity index (χ0n) is 21.8. The third kappa shape index (κ3) is 7.25. The van der Waals surface area contributed by atoms with E-state index in [0.717, 1.165) is 35.8 Å². The monoisotopic (exact) mass is 491 g/mol. The van der Waals surface area contributed by atoms with Crippen molar-refractivity contribution in [3.8, 4) is 22.6 Å². The van der Waals surface area contributed by atoms with Gasteiger partial charge in [-0.1, -0.05) is 42.0 Å². The second kappa shape index (κ2) is 13.0. The Hall–Kier alpha value is -3.51. The largest absolute Gasteiger partial charge is 0.497 e. The molecule has 1 saturated carbocycles. The van der Waals surface area contributed by atoms with Gasteiger partial charge in [-0.25, -0.2) is 0 Å². The number of carboxylic acid groups (broad SMARTS) is 1. The van der Waals surface area contributed by atoms with E-state index in [-0.39, 0.29) is 11.8 Å². The standard InChI is InChI=1S/C19H25NO2.C11H12O3/c1-5-21-9-10-22-17-12-15(3)19(18(13-17)20-4)16-8-6-7-14(2)11-16;1-14-8-4-2-7(3-5-8)9-6-10(9)11(12)13/h6-8,11-13,20H,5,9-10H2,1-4H3;2-5,9-10H,6H2,1H3,(H,12,13). The third-order valence-electron chi connectivity index (χ3n) is 6.24. The normalized spacial score (nSPS) is 15.9. The zero-order valence-corrected chi connectivity index (χ0v) is 21.8. The highest BCUT2D eigenvalue weighted by Gasteiger charge is 2.43. The molecule has 36 heavy (non-hydrogen) atoms. The molecule has 0 radical (unpaired) electrons. The maximum atomic E-state index is 10.6. The van der Waals surface area contributed by atoms with Crippen LogP contribution in [0.25, 0.3) is 11.1 Å². The summed E-state index contributed by atoms with van der Waals surface area (Å²) in [5.41, 5.74) is 7.08. The molecule has 0 amide bonds. The van der Waals surface area contributed by atoms with Gasteiger partial charge >= 0.3 is 5.97 Å². The van der Waals surface area contributed by atoms with Crippen molar-refractivity contribution in [1.29, 1.82) is 0 Å². The van der Waals surface area contributed by atoms with Crippen molar-refractivity contribution in [2.75, 3.05) is 39.3 Å². The smallest absolute Gasteiger partial charge is 0.307 e. The lowest BCUT2D eigenvalue weighted by Crippen LogP contribution is -2.07. The van der Waals surface area contributed by atoms with Gasteiger partial charge in [-0.15, -0.1) is 0 Å². The number of methoxy groups -OCH3 is 1. The second-order valence-electron chi connectivity index (χ2n) is 8.89. The maximum absolute atomic E-state index is 10.6. The Morgan fingerprint density at radius 1 is 1.03 bits per heavy atom. The summed E-state index contributed by atoms with van der Waals surface area (Å²) in [6.07, 6.45) is 0.766. The molecule has 2 atom stereocenters. The van der Waals surface area contributed by atoms with Gasteiger partial charge in [0.05, 0.1) is 19.6 Å². The van der Waals surface area contributed by atoms with Gasteiger partial charge in [-0.2, -0.15) is 0 Å². The van der Waals surface area contributed by atoms with E-state index in [2.05, 4.69) is 55.6 Å². The number of ether oxygens (including phenoxy) is 3. The molecule has 0 aromatic heterocycles. The summed E-state index contributed by atoms with van der Waals surface area (Å²) in [5.74, 6) is 1.02. The van der Waals surface area contributed by atoms with E-state index in [1.165, 1.54) is 22.3 Å². The summed E-state index contributed by atoms with van der Waals surface area (Å²) in [6, 6.07) is 20.3. The van der Waals surface area contributed by atoms with Gasteiger partial charge in [0.2, 0.25) is 0 Å². The van der Waals surface area contributed by atoms with Crippen LogP contribution in [0, 0.1) is 19.8 Å². The topological polar surface area (TPSA) is 77.0 Å². The Labute approximate surface area is 214 Å². The van der Waals surface area contributed by atoms with Crippen LogP contribution in [0.5, 0.6) is 11.5 Å². The molecule has 3 aromatic rings. The summed E-state index contributed by atoms with van der Waals surface area (Å²) in [4.78, 5) is 10.6. The van der Waals surface area contributed by atoms with Crippen molar-refractivity contribution in [1.82, 2.24) is 0 Å². The minimum atomic E-state index is -0.689. The average Bonchev–Trinajstić information content (AvgIpc) is 3.68. The Morgan fingerprint density at radius 2 is 1.78 bits per heavy atom. The predicted molar refractivity (Wildman–Crippen MR) is 144 cm³/mol. The zero-order chi connectivity index (χ0) is 26.1. The van der Waals surface area contributed by atoms with Gasteiger partial charge in [-0.3, -0.25) is 4.79 Å². The molecule has 1 aliphatic rings. The quantitative estimate of drug-likeness (QED) is 0.324. The first-order valence-corrected chi connectivity index (χ1v) is 12.3. The van der Waals surface area contributed by atoms with E-state index < -0.39 is 5.97 Å². The molecule has 1 fully saturated rings. The highest BCUT2D eigenvalue weighted by Crippen LogP contribution is 2.47. The molecule has 3 aromatic carbocycles. The molecule has 2 unspecified atom stereocenters. The first-order chi connectivity index (χ1) is 17.4. The summed E-state index contributed by atoms with van der Waals surface area (Å²) >= 11 is 0. The Kier molecular flexibility index (Phi) is 9.77. The lowest BCUT2D eigenvalue weighted by molar-refractivity contribution is -0.138. The van der Waals surface area contributed by atoms with E-state index >= 15 is 0 Å². The number of rotatable bonds is 10. The summed E-state index contributed by atoms with van der Waals surface area (Å²) in [5, 5.41) is 12.0. The lowest BCUT2D eigenvalue weighted by atomic mass is 9.97. The molecule has 0 spiro atoms. The predicted octanol–water partition coefficient (Wildman–Crippen LogP) is 6.31. The summed E-state index contributed by atoms with van der Waals surface area (Å²) < 4.78 is 16.1. The van der Waals surface area contributed by atoms with E-state index in [0.29, 0.717) is 13.2 Å². The number of carbonyl (C=O) groups is 1. The number of aliphatic carboxylic acids is 1. The fourth-order valence-corrected chi connectivity index (χ4v) is 4.27. The van der Waals surface area contributed by atoms with Gasteiger partial charge in [-0.05, 0) is 68.0 Å². The Balaban J connectivity index is 0.000000221. The van der Waals surface area contributed by atoms with Gasteiger partial charge in [0, 0.05) is 31.0 Å². The molecule has 4 rings (SSSR count). The molecular weight excluding hydrogens is 454 g/mol. The van der Waals surface area contributed by atoms with Gasteiger partial charge in [0.25, 0.3) is 0 Å². The van der Waals surface area contributed by atoms with Crippen LogP contribution in [0.1, 0.15) is 36.0 Å².